The summed E-state index contributed by atoms with van der Waals surface area (Å²) in [6.45, 7) is 1.78. The molecule has 0 atom stereocenters. The van der Waals surface area contributed by atoms with E-state index in [0.29, 0.717) is 16.3 Å². The summed E-state index contributed by atoms with van der Waals surface area (Å²) in [4.78, 5) is 17.5. The fraction of sp³-hybridized carbons (Fsp3) is 0.304. The second kappa shape index (κ2) is 8.53. The Morgan fingerprint density at radius 1 is 1.06 bits per heavy atom. The summed E-state index contributed by atoms with van der Waals surface area (Å²) in [6, 6.07) is 11.0. The van der Waals surface area contributed by atoms with Gasteiger partial charge in [0.05, 0.1) is 10.6 Å². The summed E-state index contributed by atoms with van der Waals surface area (Å²) in [5.41, 5.74) is 5.69. The minimum absolute atomic E-state index is 0.0853. The van der Waals surface area contributed by atoms with Gasteiger partial charge in [-0.15, -0.1) is 11.3 Å². The third kappa shape index (κ3) is 4.42. The van der Waals surface area contributed by atoms with Crippen LogP contribution < -0.4 is 5.32 Å². The number of fused-ring (bicyclic) bond motifs is 1. The van der Waals surface area contributed by atoms with Crippen molar-refractivity contribution in [2.24, 2.45) is 0 Å². The van der Waals surface area contributed by atoms with Gasteiger partial charge in [0, 0.05) is 30.6 Å². The van der Waals surface area contributed by atoms with Crippen LogP contribution in [0.25, 0.3) is 11.3 Å². The molecule has 0 aliphatic heterocycles. The van der Waals surface area contributed by atoms with Crippen LogP contribution in [0, 0.1) is 6.92 Å². The standard InChI is InChI=1S/C23H25N3O3S2/c1-15-8-11-19(31(28,29)26(2)3)13-20(15)22(27)25-23-24-21(14-30-23)18-10-9-16-6-4-5-7-17(16)12-18/h8-14H,4-7H2,1-3H3,(H,24,25,27). The number of thiazole rings is 1. The van der Waals surface area contributed by atoms with Crippen molar-refractivity contribution in [3.05, 3.63) is 64.0 Å². The number of nitrogens with zero attached hydrogens (tertiary/aromatic N) is 2. The monoisotopic (exact) mass is 455 g/mol. The van der Waals surface area contributed by atoms with Crippen molar-refractivity contribution >= 4 is 32.4 Å². The summed E-state index contributed by atoms with van der Waals surface area (Å²) in [6.07, 6.45) is 4.70. The molecule has 1 amide bonds. The van der Waals surface area contributed by atoms with Gasteiger partial charge < -0.3 is 0 Å². The number of aromatic nitrogens is 1. The molecule has 0 radical (unpaired) electrons. The number of hydrogen-bond donors (Lipinski definition) is 1. The minimum Gasteiger partial charge on any atom is -0.298 e. The molecular weight excluding hydrogens is 430 g/mol. The number of amides is 1. The number of rotatable bonds is 5. The molecular formula is C23H25N3O3S2. The van der Waals surface area contributed by atoms with Crippen molar-refractivity contribution < 1.29 is 13.2 Å². The van der Waals surface area contributed by atoms with Gasteiger partial charge in [-0.25, -0.2) is 17.7 Å². The van der Waals surface area contributed by atoms with E-state index in [2.05, 4.69) is 28.5 Å². The van der Waals surface area contributed by atoms with Crippen LogP contribution in [-0.2, 0) is 22.9 Å². The highest BCUT2D eigenvalue weighted by Gasteiger charge is 2.21. The molecule has 2 aromatic carbocycles. The van der Waals surface area contributed by atoms with Crippen LogP contribution in [0.4, 0.5) is 5.13 Å². The van der Waals surface area contributed by atoms with Crippen molar-refractivity contribution in [2.75, 3.05) is 19.4 Å². The maximum absolute atomic E-state index is 12.9. The van der Waals surface area contributed by atoms with Crippen molar-refractivity contribution in [1.82, 2.24) is 9.29 Å². The Kier molecular flexibility index (Phi) is 5.96. The normalized spacial score (nSPS) is 13.8. The van der Waals surface area contributed by atoms with Gasteiger partial charge in [-0.3, -0.25) is 10.1 Å². The first-order valence-electron chi connectivity index (χ1n) is 10.2. The number of benzene rings is 2. The van der Waals surface area contributed by atoms with Crippen molar-refractivity contribution in [3.63, 3.8) is 0 Å². The van der Waals surface area contributed by atoms with Gasteiger partial charge in [-0.2, -0.15) is 0 Å². The van der Waals surface area contributed by atoms with Gasteiger partial charge in [-0.05, 0) is 67.5 Å². The molecule has 0 fully saturated rings. The van der Waals surface area contributed by atoms with Crippen molar-refractivity contribution in [3.8, 4) is 11.3 Å². The molecule has 0 saturated carbocycles. The molecule has 1 N–H and O–H groups in total. The summed E-state index contributed by atoms with van der Waals surface area (Å²) >= 11 is 1.36. The van der Waals surface area contributed by atoms with E-state index in [0.717, 1.165) is 28.4 Å². The molecule has 1 aliphatic carbocycles. The molecule has 31 heavy (non-hydrogen) atoms. The fourth-order valence-corrected chi connectivity index (χ4v) is 5.38. The van der Waals surface area contributed by atoms with E-state index in [1.165, 1.54) is 61.5 Å². The van der Waals surface area contributed by atoms with Gasteiger partial charge in [0.15, 0.2) is 5.13 Å². The maximum Gasteiger partial charge on any atom is 0.257 e. The van der Waals surface area contributed by atoms with E-state index in [-0.39, 0.29) is 10.8 Å². The molecule has 0 saturated heterocycles. The summed E-state index contributed by atoms with van der Waals surface area (Å²) in [5, 5.41) is 5.23. The molecule has 1 aliphatic rings. The van der Waals surface area contributed by atoms with Crippen LogP contribution in [0.3, 0.4) is 0 Å². The highest BCUT2D eigenvalue weighted by atomic mass is 32.2. The molecule has 4 rings (SSSR count). The zero-order valence-electron chi connectivity index (χ0n) is 17.8. The van der Waals surface area contributed by atoms with E-state index in [9.17, 15) is 13.2 Å². The average molecular weight is 456 g/mol. The zero-order chi connectivity index (χ0) is 22.2. The molecule has 162 valence electrons. The molecule has 0 bridgehead atoms. The lowest BCUT2D eigenvalue weighted by atomic mass is 9.90. The van der Waals surface area contributed by atoms with Crippen LogP contribution in [0.2, 0.25) is 0 Å². The Labute approximate surface area is 187 Å². The van der Waals surface area contributed by atoms with E-state index < -0.39 is 10.0 Å². The predicted molar refractivity (Wildman–Crippen MR) is 124 cm³/mol. The molecule has 0 unspecified atom stereocenters. The quantitative estimate of drug-likeness (QED) is 0.614. The second-order valence-electron chi connectivity index (χ2n) is 7.95. The van der Waals surface area contributed by atoms with E-state index in [4.69, 9.17) is 0 Å². The van der Waals surface area contributed by atoms with Gasteiger partial charge in [-0.1, -0.05) is 18.2 Å². The third-order valence-electron chi connectivity index (χ3n) is 5.60. The SMILES string of the molecule is Cc1ccc(S(=O)(=O)N(C)C)cc1C(=O)Nc1nc(-c2ccc3c(c2)CCCC3)cs1. The first-order valence-corrected chi connectivity index (χ1v) is 12.5. The highest BCUT2D eigenvalue weighted by Crippen LogP contribution is 2.30. The number of carbonyl (C=O) groups is 1. The Hall–Kier alpha value is -2.55. The summed E-state index contributed by atoms with van der Waals surface area (Å²) in [5.74, 6) is -0.375. The van der Waals surface area contributed by atoms with Gasteiger partial charge in [0.1, 0.15) is 0 Å². The van der Waals surface area contributed by atoms with Gasteiger partial charge in [0.25, 0.3) is 5.91 Å². The Morgan fingerprint density at radius 3 is 2.55 bits per heavy atom. The van der Waals surface area contributed by atoms with Crippen LogP contribution >= 0.6 is 11.3 Å². The number of anilines is 1. The topological polar surface area (TPSA) is 79.4 Å². The number of carbonyl (C=O) groups excluding carboxylic acids is 1. The first-order chi connectivity index (χ1) is 14.8. The predicted octanol–water partition coefficient (Wildman–Crippen LogP) is 4.50. The number of sulfonamides is 1. The highest BCUT2D eigenvalue weighted by molar-refractivity contribution is 7.89. The number of nitrogens with one attached hydrogen (secondary N) is 1. The number of aryl methyl sites for hydroxylation is 3. The average Bonchev–Trinajstić information content (AvgIpc) is 3.21. The lowest BCUT2D eigenvalue weighted by molar-refractivity contribution is 0.102. The lowest BCUT2D eigenvalue weighted by Crippen LogP contribution is -2.23. The van der Waals surface area contributed by atoms with Crippen LogP contribution in [0.15, 0.2) is 46.7 Å². The minimum atomic E-state index is -3.62. The molecule has 0 spiro atoms. The van der Waals surface area contributed by atoms with Gasteiger partial charge >= 0.3 is 0 Å². The summed E-state index contributed by atoms with van der Waals surface area (Å²) < 4.78 is 26.0. The molecule has 3 aromatic rings. The maximum atomic E-state index is 12.9. The molecule has 6 nitrogen and oxygen atoms in total. The second-order valence-corrected chi connectivity index (χ2v) is 11.0. The Morgan fingerprint density at radius 2 is 1.81 bits per heavy atom. The first kappa shape index (κ1) is 21.7. The Bertz CT molecular complexity index is 1250. The molecule has 1 aromatic heterocycles. The van der Waals surface area contributed by atoms with Crippen LogP contribution in [-0.4, -0.2) is 37.7 Å². The lowest BCUT2D eigenvalue weighted by Gasteiger charge is -2.16. The Balaban J connectivity index is 1.56. The van der Waals surface area contributed by atoms with Crippen molar-refractivity contribution in [1.29, 1.82) is 0 Å². The fourth-order valence-electron chi connectivity index (χ4n) is 3.74. The third-order valence-corrected chi connectivity index (χ3v) is 8.17. The van der Waals surface area contributed by atoms with Crippen LogP contribution in [0.1, 0.15) is 39.9 Å². The zero-order valence-corrected chi connectivity index (χ0v) is 19.4. The number of hydrogen-bond acceptors (Lipinski definition) is 5. The van der Waals surface area contributed by atoms with E-state index >= 15 is 0 Å². The summed E-state index contributed by atoms with van der Waals surface area (Å²) in [7, 11) is -0.692. The largest absolute Gasteiger partial charge is 0.298 e. The molecule has 8 heteroatoms. The molecule has 1 heterocycles. The van der Waals surface area contributed by atoms with Crippen molar-refractivity contribution in [2.45, 2.75) is 37.5 Å². The van der Waals surface area contributed by atoms with E-state index in [1.54, 1.807) is 13.0 Å². The van der Waals surface area contributed by atoms with E-state index in [1.807, 2.05) is 5.38 Å². The van der Waals surface area contributed by atoms with Gasteiger partial charge in [0.2, 0.25) is 10.0 Å². The smallest absolute Gasteiger partial charge is 0.257 e. The van der Waals surface area contributed by atoms with Crippen LogP contribution in [0.5, 0.6) is 0 Å².